The van der Waals surface area contributed by atoms with Gasteiger partial charge >= 0.3 is 5.97 Å². The van der Waals surface area contributed by atoms with E-state index in [4.69, 9.17) is 10.6 Å². The topological polar surface area (TPSA) is 186 Å². The van der Waals surface area contributed by atoms with E-state index in [0.717, 1.165) is 37.2 Å². The molecule has 1 unspecified atom stereocenters. The lowest BCUT2D eigenvalue weighted by atomic mass is 10.0. The summed E-state index contributed by atoms with van der Waals surface area (Å²) in [6.07, 6.45) is 3.62. The minimum absolute atomic E-state index is 0.00929. The van der Waals surface area contributed by atoms with Crippen molar-refractivity contribution in [3.05, 3.63) is 22.6 Å². The highest BCUT2D eigenvalue weighted by Crippen LogP contribution is 2.41. The van der Waals surface area contributed by atoms with Gasteiger partial charge in [0.15, 0.2) is 9.47 Å². The molecule has 17 heteroatoms. The number of amides is 2. The Bertz CT molecular complexity index is 1230. The number of carboxylic acids is 1. The second-order valence-electron chi connectivity index (χ2n) is 8.02. The number of β-lactam (4-membered cyclic amide) rings is 1. The third kappa shape index (κ3) is 5.05. The summed E-state index contributed by atoms with van der Waals surface area (Å²) in [5.74, 6) is -1.63. The molecule has 36 heavy (non-hydrogen) atoms. The van der Waals surface area contributed by atoms with E-state index in [1.165, 1.54) is 39.8 Å². The lowest BCUT2D eigenvalue weighted by molar-refractivity contribution is -0.150. The zero-order chi connectivity index (χ0) is 25.2. The normalized spacial score (nSPS) is 22.4. The fraction of sp³-hybridized carbons (Fsp3) is 0.474. The maximum Gasteiger partial charge on any atom is 0.352 e. The average molecular weight is 569 g/mol. The van der Waals surface area contributed by atoms with Crippen LogP contribution in [0, 0.1) is 0 Å². The number of carbonyl (C=O) groups is 3. The maximum absolute atomic E-state index is 13.1. The highest BCUT2D eigenvalue weighted by Gasteiger charge is 2.54. The van der Waals surface area contributed by atoms with Gasteiger partial charge in [0.05, 0.1) is 0 Å². The van der Waals surface area contributed by atoms with Crippen molar-refractivity contribution >= 4 is 75.0 Å². The Morgan fingerprint density at radius 3 is 2.83 bits per heavy atom. The van der Waals surface area contributed by atoms with E-state index in [-0.39, 0.29) is 28.5 Å². The van der Waals surface area contributed by atoms with Crippen LogP contribution in [-0.4, -0.2) is 82.1 Å². The van der Waals surface area contributed by atoms with Crippen LogP contribution in [0.3, 0.4) is 0 Å². The maximum atomic E-state index is 13.1. The fourth-order valence-electron chi connectivity index (χ4n) is 4.01. The fourth-order valence-corrected chi connectivity index (χ4v) is 7.42. The van der Waals surface area contributed by atoms with Crippen molar-refractivity contribution in [1.82, 2.24) is 29.8 Å². The summed E-state index contributed by atoms with van der Waals surface area (Å²) in [5, 5.41) is 23.8. The molecule has 0 bridgehead atoms. The van der Waals surface area contributed by atoms with E-state index < -0.39 is 29.2 Å². The Morgan fingerprint density at radius 1 is 1.36 bits per heavy atom. The van der Waals surface area contributed by atoms with Crippen LogP contribution in [0.25, 0.3) is 0 Å². The molecule has 2 amide bonds. The smallest absolute Gasteiger partial charge is 0.352 e. The lowest BCUT2D eigenvalue weighted by Crippen LogP contribution is -2.71. The lowest BCUT2D eigenvalue weighted by Gasteiger charge is -2.49. The number of oxime groups is 1. The van der Waals surface area contributed by atoms with E-state index in [1.54, 1.807) is 5.51 Å². The molecule has 13 nitrogen and oxygen atoms in total. The number of nitrogen functional groups attached to an aromatic ring is 1. The molecule has 2 fully saturated rings. The first kappa shape index (κ1) is 24.9. The summed E-state index contributed by atoms with van der Waals surface area (Å²) in [4.78, 5) is 49.0. The Hall–Kier alpha value is -2.76. The second kappa shape index (κ2) is 10.7. The minimum atomic E-state index is -1.19. The van der Waals surface area contributed by atoms with E-state index in [2.05, 4.69) is 30.0 Å². The molecular formula is C19H20N8O5S4. The van der Waals surface area contributed by atoms with Crippen molar-refractivity contribution in [3.63, 3.8) is 0 Å². The van der Waals surface area contributed by atoms with Crippen LogP contribution in [0.2, 0.25) is 0 Å². The molecule has 4 N–H and O–H groups in total. The van der Waals surface area contributed by atoms with Gasteiger partial charge in [-0.2, -0.15) is 9.36 Å². The van der Waals surface area contributed by atoms with Crippen LogP contribution in [0.15, 0.2) is 26.3 Å². The minimum Gasteiger partial charge on any atom is -0.477 e. The number of carbonyl (C=O) groups excluding carboxylic acids is 2. The Labute approximate surface area is 221 Å². The largest absolute Gasteiger partial charge is 0.477 e. The van der Waals surface area contributed by atoms with Gasteiger partial charge in [-0.1, -0.05) is 28.3 Å². The van der Waals surface area contributed by atoms with Crippen LogP contribution >= 0.6 is 46.4 Å². The SMILES string of the molecule is Nc1nc(/C(=N/OC2CCCC2)C(=O)NC2C(=O)N3C(C(=O)O)=C(CSc4nncs4)CS[C@H]23)ns1. The molecule has 0 aromatic carbocycles. The number of nitrogens with two attached hydrogens (primary N) is 1. The van der Waals surface area contributed by atoms with Gasteiger partial charge in [-0.3, -0.25) is 14.5 Å². The van der Waals surface area contributed by atoms with E-state index in [9.17, 15) is 19.5 Å². The number of anilines is 1. The molecule has 2 aromatic rings. The zero-order valence-electron chi connectivity index (χ0n) is 18.5. The molecule has 3 aliphatic rings. The molecule has 4 heterocycles. The average Bonchev–Trinajstić information content (AvgIpc) is 3.64. The summed E-state index contributed by atoms with van der Waals surface area (Å²) >= 11 is 5.01. The van der Waals surface area contributed by atoms with Gasteiger partial charge in [0.25, 0.3) is 11.8 Å². The number of fused-ring (bicyclic) bond motifs is 1. The van der Waals surface area contributed by atoms with Crippen molar-refractivity contribution in [3.8, 4) is 0 Å². The van der Waals surface area contributed by atoms with Gasteiger partial charge in [-0.15, -0.1) is 22.0 Å². The molecule has 1 aliphatic carbocycles. The molecular weight excluding hydrogens is 549 g/mol. The van der Waals surface area contributed by atoms with Crippen molar-refractivity contribution in [2.75, 3.05) is 17.2 Å². The van der Waals surface area contributed by atoms with Gasteiger partial charge in [-0.05, 0) is 31.3 Å². The predicted molar refractivity (Wildman–Crippen MR) is 135 cm³/mol. The molecule has 0 spiro atoms. The first-order valence-corrected chi connectivity index (χ1v) is 14.5. The Morgan fingerprint density at radius 2 is 2.17 bits per heavy atom. The highest BCUT2D eigenvalue weighted by atomic mass is 32.2. The second-order valence-corrected chi connectivity index (χ2v) is 12.0. The van der Waals surface area contributed by atoms with Crippen LogP contribution in [-0.2, 0) is 19.2 Å². The number of hydrogen-bond acceptors (Lipinski definition) is 14. The number of aromatic nitrogens is 4. The predicted octanol–water partition coefficient (Wildman–Crippen LogP) is 1.17. The Balaban J connectivity index is 1.30. The van der Waals surface area contributed by atoms with Crippen LogP contribution < -0.4 is 11.1 Å². The highest BCUT2D eigenvalue weighted by molar-refractivity contribution is 8.01. The van der Waals surface area contributed by atoms with Gasteiger partial charge in [0.2, 0.25) is 11.5 Å². The number of nitrogens with one attached hydrogen (secondary N) is 1. The van der Waals surface area contributed by atoms with Gasteiger partial charge in [0, 0.05) is 23.0 Å². The summed E-state index contributed by atoms with van der Waals surface area (Å²) in [6.45, 7) is 0. The van der Waals surface area contributed by atoms with E-state index in [0.29, 0.717) is 21.4 Å². The molecule has 2 aromatic heterocycles. The molecule has 1 saturated carbocycles. The quantitative estimate of drug-likeness (QED) is 0.170. The molecule has 5 rings (SSSR count). The third-order valence-electron chi connectivity index (χ3n) is 5.71. The molecule has 190 valence electrons. The molecule has 2 aliphatic heterocycles. The summed E-state index contributed by atoms with van der Waals surface area (Å²) in [6, 6.07) is -0.929. The number of aliphatic carboxylic acids is 1. The summed E-state index contributed by atoms with van der Waals surface area (Å²) < 4.78 is 4.77. The van der Waals surface area contributed by atoms with E-state index >= 15 is 0 Å². The number of thioether (sulfide) groups is 2. The summed E-state index contributed by atoms with van der Waals surface area (Å²) in [7, 11) is 0. The van der Waals surface area contributed by atoms with Crippen LogP contribution in [0.1, 0.15) is 31.5 Å². The van der Waals surface area contributed by atoms with Gasteiger partial charge < -0.3 is 21.0 Å². The van der Waals surface area contributed by atoms with Crippen molar-refractivity contribution in [2.24, 2.45) is 5.16 Å². The molecule has 1 saturated heterocycles. The zero-order valence-corrected chi connectivity index (χ0v) is 21.8. The molecule has 0 radical (unpaired) electrons. The standard InChI is InChI=1S/C19H20N8O5S4/c20-18-23-13(26-36-18)10(25-32-9-3-1-2-4-9)14(28)22-11-15(29)27-12(17(30)31)8(5-33-16(11)27)6-34-19-24-21-7-35-19/h7,9,11,16H,1-6H2,(H,22,28)(H,30,31)(H2,20,23,26)/b25-10-/t11?,16-/m1/s1. The number of rotatable bonds is 9. The van der Waals surface area contributed by atoms with Crippen LogP contribution in [0.5, 0.6) is 0 Å². The van der Waals surface area contributed by atoms with Crippen LogP contribution in [0.4, 0.5) is 5.13 Å². The number of hydrogen-bond donors (Lipinski definition) is 3. The Kier molecular flexibility index (Phi) is 7.40. The monoisotopic (exact) mass is 568 g/mol. The van der Waals surface area contributed by atoms with Gasteiger partial charge in [0.1, 0.15) is 28.7 Å². The number of nitrogens with zero attached hydrogens (tertiary/aromatic N) is 6. The first-order valence-electron chi connectivity index (χ1n) is 10.9. The molecule has 2 atom stereocenters. The first-order chi connectivity index (χ1) is 17.4. The van der Waals surface area contributed by atoms with Crippen molar-refractivity contribution in [2.45, 2.75) is 47.5 Å². The van der Waals surface area contributed by atoms with Crippen molar-refractivity contribution in [1.29, 1.82) is 0 Å². The van der Waals surface area contributed by atoms with Gasteiger partial charge in [-0.25, -0.2) is 4.79 Å². The van der Waals surface area contributed by atoms with Crippen molar-refractivity contribution < 1.29 is 24.3 Å². The third-order valence-corrected chi connectivity index (χ3v) is 9.54. The number of carboxylic acid groups (broad SMARTS) is 1. The summed E-state index contributed by atoms with van der Waals surface area (Å²) in [5.41, 5.74) is 7.65. The van der Waals surface area contributed by atoms with E-state index in [1.807, 2.05) is 0 Å².